The van der Waals surface area contributed by atoms with E-state index < -0.39 is 0 Å². The largest absolute Gasteiger partial charge is 0.431 e. The van der Waals surface area contributed by atoms with Crippen LogP contribution in [0.25, 0.3) is 11.1 Å². The van der Waals surface area contributed by atoms with Gasteiger partial charge in [0.2, 0.25) is 5.91 Å². The van der Waals surface area contributed by atoms with E-state index in [1.165, 1.54) is 11.8 Å². The molecule has 1 aromatic heterocycles. The lowest BCUT2D eigenvalue weighted by atomic mass is 10.2. The van der Waals surface area contributed by atoms with Crippen molar-refractivity contribution < 1.29 is 9.21 Å². The summed E-state index contributed by atoms with van der Waals surface area (Å²) >= 11 is 1.31. The maximum Gasteiger partial charge on any atom is 0.257 e. The lowest BCUT2D eigenvalue weighted by Gasteiger charge is -2.11. The summed E-state index contributed by atoms with van der Waals surface area (Å²) in [6, 6.07) is 15.3. The lowest BCUT2D eigenvalue weighted by molar-refractivity contribution is -0.115. The highest BCUT2D eigenvalue weighted by molar-refractivity contribution is 8.00. The Hall–Kier alpha value is -2.27. The van der Waals surface area contributed by atoms with Gasteiger partial charge in [0.1, 0.15) is 5.52 Å². The summed E-state index contributed by atoms with van der Waals surface area (Å²) in [7, 11) is 0. The highest BCUT2D eigenvalue weighted by Gasteiger charge is 2.18. The van der Waals surface area contributed by atoms with E-state index in [-0.39, 0.29) is 11.2 Å². The van der Waals surface area contributed by atoms with E-state index in [9.17, 15) is 4.79 Å². The maximum atomic E-state index is 12.3. The minimum Gasteiger partial charge on any atom is -0.431 e. The van der Waals surface area contributed by atoms with Crippen molar-refractivity contribution in [1.29, 1.82) is 0 Å². The normalized spacial score (nSPS) is 12.3. The number of anilines is 1. The smallest absolute Gasteiger partial charge is 0.257 e. The van der Waals surface area contributed by atoms with Crippen LogP contribution in [-0.4, -0.2) is 16.1 Å². The molecule has 0 saturated heterocycles. The minimum atomic E-state index is -0.298. The van der Waals surface area contributed by atoms with Crippen molar-refractivity contribution in [2.45, 2.75) is 24.3 Å². The zero-order chi connectivity index (χ0) is 15.5. The van der Waals surface area contributed by atoms with Crippen LogP contribution in [0.5, 0.6) is 0 Å². The number of amides is 1. The number of fused-ring (bicyclic) bond motifs is 1. The van der Waals surface area contributed by atoms with Crippen molar-refractivity contribution in [3.05, 3.63) is 54.1 Å². The molecule has 1 heterocycles. The molecule has 112 valence electrons. The van der Waals surface area contributed by atoms with E-state index in [1.807, 2.05) is 62.4 Å². The number of oxazole rings is 1. The summed E-state index contributed by atoms with van der Waals surface area (Å²) in [4.78, 5) is 16.7. The van der Waals surface area contributed by atoms with Gasteiger partial charge in [0.05, 0.1) is 5.25 Å². The van der Waals surface area contributed by atoms with Crippen LogP contribution in [0.2, 0.25) is 0 Å². The van der Waals surface area contributed by atoms with Crippen LogP contribution in [0.15, 0.2) is 58.2 Å². The fraction of sp³-hybridized carbons (Fsp3) is 0.176. The molecular formula is C17H16N2O2S. The van der Waals surface area contributed by atoms with E-state index in [2.05, 4.69) is 10.3 Å². The molecule has 0 aliphatic carbocycles. The number of hydrogen-bond acceptors (Lipinski definition) is 4. The van der Waals surface area contributed by atoms with Crippen molar-refractivity contribution in [3.63, 3.8) is 0 Å². The monoisotopic (exact) mass is 312 g/mol. The third-order valence-corrected chi connectivity index (χ3v) is 4.27. The van der Waals surface area contributed by atoms with Crippen molar-refractivity contribution in [2.24, 2.45) is 0 Å². The Labute approximate surface area is 132 Å². The fourth-order valence-electron chi connectivity index (χ4n) is 2.05. The second kappa shape index (κ2) is 6.23. The number of hydrogen-bond donors (Lipinski definition) is 1. The van der Waals surface area contributed by atoms with Gasteiger partial charge in [-0.1, -0.05) is 42.1 Å². The molecule has 1 N–H and O–H groups in total. The fourth-order valence-corrected chi connectivity index (χ4v) is 2.81. The molecule has 0 fully saturated rings. The number of benzene rings is 2. The molecule has 3 aromatic rings. The number of rotatable bonds is 4. The predicted molar refractivity (Wildman–Crippen MR) is 89.1 cm³/mol. The van der Waals surface area contributed by atoms with E-state index in [1.54, 1.807) is 0 Å². The molecule has 0 aliphatic rings. The first kappa shape index (κ1) is 14.7. The molecule has 0 radical (unpaired) electrons. The Morgan fingerprint density at radius 3 is 2.68 bits per heavy atom. The first-order chi connectivity index (χ1) is 10.6. The second-order valence-corrected chi connectivity index (χ2v) is 6.30. The molecule has 1 amide bonds. The Kier molecular flexibility index (Phi) is 4.15. The highest BCUT2D eigenvalue weighted by atomic mass is 32.2. The molecule has 4 nitrogen and oxygen atoms in total. The molecule has 22 heavy (non-hydrogen) atoms. The van der Waals surface area contributed by atoms with Crippen LogP contribution in [0.4, 0.5) is 5.69 Å². The lowest BCUT2D eigenvalue weighted by Crippen LogP contribution is -2.22. The van der Waals surface area contributed by atoms with Crippen LogP contribution in [-0.2, 0) is 4.79 Å². The summed E-state index contributed by atoms with van der Waals surface area (Å²) in [5.41, 5.74) is 3.40. The third kappa shape index (κ3) is 3.14. The zero-order valence-corrected chi connectivity index (χ0v) is 13.2. The van der Waals surface area contributed by atoms with Gasteiger partial charge < -0.3 is 9.73 Å². The van der Waals surface area contributed by atoms with E-state index in [0.29, 0.717) is 5.22 Å². The molecule has 0 aliphatic heterocycles. The van der Waals surface area contributed by atoms with Gasteiger partial charge in [-0.25, -0.2) is 4.98 Å². The first-order valence-corrected chi connectivity index (χ1v) is 7.90. The summed E-state index contributed by atoms with van der Waals surface area (Å²) in [6.45, 7) is 3.81. The number of para-hydroxylation sites is 3. The van der Waals surface area contributed by atoms with Gasteiger partial charge in [-0.05, 0) is 37.6 Å². The molecule has 1 unspecified atom stereocenters. The average Bonchev–Trinajstić information content (AvgIpc) is 2.91. The molecule has 0 spiro atoms. The summed E-state index contributed by atoms with van der Waals surface area (Å²) < 4.78 is 5.63. The number of nitrogens with zero attached hydrogens (tertiary/aromatic N) is 1. The van der Waals surface area contributed by atoms with Crippen molar-refractivity contribution >= 4 is 34.5 Å². The van der Waals surface area contributed by atoms with Gasteiger partial charge in [0.15, 0.2) is 5.58 Å². The van der Waals surface area contributed by atoms with E-state index in [0.717, 1.165) is 22.4 Å². The molecule has 1 atom stereocenters. The summed E-state index contributed by atoms with van der Waals surface area (Å²) in [5, 5.41) is 3.14. The summed E-state index contributed by atoms with van der Waals surface area (Å²) in [5.74, 6) is -0.0680. The number of aryl methyl sites for hydroxylation is 1. The van der Waals surface area contributed by atoms with Gasteiger partial charge >= 0.3 is 0 Å². The van der Waals surface area contributed by atoms with E-state index >= 15 is 0 Å². The third-order valence-electron chi connectivity index (χ3n) is 3.32. The number of carbonyl (C=O) groups is 1. The Balaban J connectivity index is 1.69. The van der Waals surface area contributed by atoms with Gasteiger partial charge in [-0.2, -0.15) is 0 Å². The van der Waals surface area contributed by atoms with Crippen LogP contribution in [0, 0.1) is 6.92 Å². The van der Waals surface area contributed by atoms with Crippen LogP contribution in [0.3, 0.4) is 0 Å². The van der Waals surface area contributed by atoms with Gasteiger partial charge in [0.25, 0.3) is 5.22 Å². The molecule has 5 heteroatoms. The highest BCUT2D eigenvalue weighted by Crippen LogP contribution is 2.27. The average molecular weight is 312 g/mol. The predicted octanol–water partition coefficient (Wildman–Crippen LogP) is 4.26. The molecule has 0 saturated carbocycles. The minimum absolute atomic E-state index is 0.0680. The SMILES string of the molecule is Cc1ccccc1NC(=O)C(C)Sc1nc2ccccc2o1. The number of carbonyl (C=O) groups excluding carboxylic acids is 1. The number of aromatic nitrogens is 1. The van der Waals surface area contributed by atoms with Gasteiger partial charge in [0, 0.05) is 5.69 Å². The molecule has 2 aromatic carbocycles. The first-order valence-electron chi connectivity index (χ1n) is 7.02. The second-order valence-electron chi connectivity index (χ2n) is 5.01. The molecule has 0 bridgehead atoms. The van der Waals surface area contributed by atoms with Crippen molar-refractivity contribution in [2.75, 3.05) is 5.32 Å². The van der Waals surface area contributed by atoms with Crippen LogP contribution in [0.1, 0.15) is 12.5 Å². The topological polar surface area (TPSA) is 55.1 Å². The standard InChI is InChI=1S/C17H16N2O2S/c1-11-7-3-4-8-13(11)18-16(20)12(2)22-17-19-14-9-5-6-10-15(14)21-17/h3-10,12H,1-2H3,(H,18,20). The molecular weight excluding hydrogens is 296 g/mol. The quantitative estimate of drug-likeness (QED) is 0.732. The van der Waals surface area contributed by atoms with Gasteiger partial charge in [-0.15, -0.1) is 0 Å². The van der Waals surface area contributed by atoms with Crippen LogP contribution < -0.4 is 5.32 Å². The Morgan fingerprint density at radius 2 is 1.91 bits per heavy atom. The van der Waals surface area contributed by atoms with E-state index in [4.69, 9.17) is 4.42 Å². The summed E-state index contributed by atoms with van der Waals surface area (Å²) in [6.07, 6.45) is 0. The zero-order valence-electron chi connectivity index (χ0n) is 12.4. The number of thioether (sulfide) groups is 1. The van der Waals surface area contributed by atoms with Crippen molar-refractivity contribution in [1.82, 2.24) is 4.98 Å². The van der Waals surface area contributed by atoms with Gasteiger partial charge in [-0.3, -0.25) is 4.79 Å². The van der Waals surface area contributed by atoms with Crippen molar-refractivity contribution in [3.8, 4) is 0 Å². The number of nitrogens with one attached hydrogen (secondary N) is 1. The van der Waals surface area contributed by atoms with Crippen LogP contribution >= 0.6 is 11.8 Å². The Morgan fingerprint density at radius 1 is 1.18 bits per heavy atom. The Bertz CT molecular complexity index is 780. The maximum absolute atomic E-state index is 12.3. The molecule has 3 rings (SSSR count).